The molecule has 0 unspecified atom stereocenters. The van der Waals surface area contributed by atoms with Crippen LogP contribution in [0.5, 0.6) is 5.88 Å². The van der Waals surface area contributed by atoms with Crippen molar-refractivity contribution < 1.29 is 14.6 Å². The van der Waals surface area contributed by atoms with Crippen LogP contribution in [-0.4, -0.2) is 40.7 Å². The number of fused-ring (bicyclic) bond motifs is 1. The van der Waals surface area contributed by atoms with Crippen LogP contribution in [-0.2, 0) is 4.74 Å². The average Bonchev–Trinajstić information content (AvgIpc) is 2.44. The molecule has 2 aromatic rings. The molecule has 0 spiro atoms. The molecule has 0 aliphatic heterocycles. The molecule has 112 valence electrons. The first-order chi connectivity index (χ1) is 10.0. The number of nitrogens with one attached hydrogen (secondary N) is 1. The largest absolute Gasteiger partial charge is 0.493 e. The SMILES string of the molecule is COCCCNC(=O)c1c(O)nc2ccc(C)cn2c1=O. The van der Waals surface area contributed by atoms with E-state index in [1.807, 2.05) is 6.92 Å². The Balaban J connectivity index is 2.35. The number of ether oxygens (including phenoxy) is 1. The van der Waals surface area contributed by atoms with E-state index >= 15 is 0 Å². The summed E-state index contributed by atoms with van der Waals surface area (Å²) in [4.78, 5) is 28.2. The summed E-state index contributed by atoms with van der Waals surface area (Å²) in [7, 11) is 1.57. The molecule has 0 saturated heterocycles. The van der Waals surface area contributed by atoms with Crippen molar-refractivity contribution in [3.05, 3.63) is 39.8 Å². The van der Waals surface area contributed by atoms with Gasteiger partial charge in [-0.05, 0) is 25.0 Å². The van der Waals surface area contributed by atoms with E-state index in [0.29, 0.717) is 25.2 Å². The van der Waals surface area contributed by atoms with Gasteiger partial charge in [-0.15, -0.1) is 0 Å². The Labute approximate surface area is 121 Å². The molecule has 2 rings (SSSR count). The van der Waals surface area contributed by atoms with Gasteiger partial charge in [0.25, 0.3) is 11.5 Å². The second-order valence-electron chi connectivity index (χ2n) is 4.65. The van der Waals surface area contributed by atoms with Crippen LogP contribution < -0.4 is 10.9 Å². The van der Waals surface area contributed by atoms with Gasteiger partial charge in [-0.25, -0.2) is 0 Å². The van der Waals surface area contributed by atoms with E-state index in [0.717, 1.165) is 5.56 Å². The number of carbonyl (C=O) groups excluding carboxylic acids is 1. The minimum absolute atomic E-state index is 0.291. The molecular weight excluding hydrogens is 274 g/mol. The highest BCUT2D eigenvalue weighted by atomic mass is 16.5. The third kappa shape index (κ3) is 3.19. The second-order valence-corrected chi connectivity index (χ2v) is 4.65. The Kier molecular flexibility index (Phi) is 4.54. The summed E-state index contributed by atoms with van der Waals surface area (Å²) in [5.41, 5.74) is 0.198. The summed E-state index contributed by atoms with van der Waals surface area (Å²) in [6, 6.07) is 3.38. The van der Waals surface area contributed by atoms with Crippen LogP contribution in [0.15, 0.2) is 23.1 Å². The lowest BCUT2D eigenvalue weighted by atomic mass is 10.2. The predicted molar refractivity (Wildman–Crippen MR) is 76.7 cm³/mol. The number of hydrogen-bond acceptors (Lipinski definition) is 5. The van der Waals surface area contributed by atoms with E-state index in [4.69, 9.17) is 4.74 Å². The highest BCUT2D eigenvalue weighted by Gasteiger charge is 2.19. The van der Waals surface area contributed by atoms with Crippen molar-refractivity contribution in [2.24, 2.45) is 0 Å². The number of carbonyl (C=O) groups is 1. The van der Waals surface area contributed by atoms with Crippen LogP contribution in [0.4, 0.5) is 0 Å². The maximum absolute atomic E-state index is 12.3. The zero-order chi connectivity index (χ0) is 15.4. The number of hydrogen-bond donors (Lipinski definition) is 2. The van der Waals surface area contributed by atoms with Crippen molar-refractivity contribution in [3.8, 4) is 5.88 Å². The third-order valence-corrected chi connectivity index (χ3v) is 2.99. The Morgan fingerprint density at radius 1 is 1.48 bits per heavy atom. The van der Waals surface area contributed by atoms with Gasteiger partial charge in [0.15, 0.2) is 5.56 Å². The summed E-state index contributed by atoms with van der Waals surface area (Å²) in [6.45, 7) is 2.67. The molecular formula is C14H17N3O4. The molecule has 21 heavy (non-hydrogen) atoms. The molecule has 0 saturated carbocycles. The molecule has 0 bridgehead atoms. The first-order valence-electron chi connectivity index (χ1n) is 6.53. The average molecular weight is 291 g/mol. The van der Waals surface area contributed by atoms with Crippen LogP contribution in [0.1, 0.15) is 22.3 Å². The molecule has 2 heterocycles. The topological polar surface area (TPSA) is 92.9 Å². The maximum atomic E-state index is 12.3. The summed E-state index contributed by atoms with van der Waals surface area (Å²) >= 11 is 0. The second kappa shape index (κ2) is 6.36. The van der Waals surface area contributed by atoms with Crippen LogP contribution in [0, 0.1) is 6.92 Å². The van der Waals surface area contributed by atoms with Gasteiger partial charge in [0, 0.05) is 26.5 Å². The van der Waals surface area contributed by atoms with Crippen molar-refractivity contribution in [2.75, 3.05) is 20.3 Å². The van der Waals surface area contributed by atoms with Crippen molar-refractivity contribution in [2.45, 2.75) is 13.3 Å². The summed E-state index contributed by atoms with van der Waals surface area (Å²) < 4.78 is 6.12. The molecule has 1 amide bonds. The first kappa shape index (κ1) is 15.0. The van der Waals surface area contributed by atoms with Crippen LogP contribution in [0.2, 0.25) is 0 Å². The minimum Gasteiger partial charge on any atom is -0.493 e. The Morgan fingerprint density at radius 3 is 2.95 bits per heavy atom. The van der Waals surface area contributed by atoms with Gasteiger partial charge in [-0.1, -0.05) is 6.07 Å². The van der Waals surface area contributed by atoms with Crippen LogP contribution >= 0.6 is 0 Å². The molecule has 2 N–H and O–H groups in total. The smallest absolute Gasteiger partial charge is 0.274 e. The van der Waals surface area contributed by atoms with Gasteiger partial charge in [-0.2, -0.15) is 4.98 Å². The van der Waals surface area contributed by atoms with Gasteiger partial charge >= 0.3 is 0 Å². The lowest BCUT2D eigenvalue weighted by Gasteiger charge is -2.08. The predicted octanol–water partition coefficient (Wildman–Crippen LogP) is 0.475. The highest BCUT2D eigenvalue weighted by Crippen LogP contribution is 2.11. The zero-order valence-electron chi connectivity index (χ0n) is 11.9. The van der Waals surface area contributed by atoms with Gasteiger partial charge in [0.05, 0.1) is 0 Å². The molecule has 0 atom stereocenters. The highest BCUT2D eigenvalue weighted by molar-refractivity contribution is 5.96. The number of nitrogens with zero attached hydrogens (tertiary/aromatic N) is 2. The molecule has 0 aromatic carbocycles. The summed E-state index contributed by atoms with van der Waals surface area (Å²) in [5, 5.41) is 12.4. The number of methoxy groups -OCH3 is 1. The van der Waals surface area contributed by atoms with E-state index < -0.39 is 17.3 Å². The Bertz CT molecular complexity index is 724. The molecule has 2 aromatic heterocycles. The van der Waals surface area contributed by atoms with Gasteiger partial charge in [0.1, 0.15) is 5.65 Å². The quantitative estimate of drug-likeness (QED) is 0.781. The fourth-order valence-electron chi connectivity index (χ4n) is 1.94. The number of aromatic hydroxyl groups is 1. The van der Waals surface area contributed by atoms with Gasteiger partial charge < -0.3 is 15.2 Å². The van der Waals surface area contributed by atoms with Crippen molar-refractivity contribution in [1.82, 2.24) is 14.7 Å². The third-order valence-electron chi connectivity index (χ3n) is 2.99. The van der Waals surface area contributed by atoms with Crippen molar-refractivity contribution >= 4 is 11.6 Å². The van der Waals surface area contributed by atoms with E-state index in [-0.39, 0.29) is 5.56 Å². The number of amides is 1. The van der Waals surface area contributed by atoms with Crippen LogP contribution in [0.3, 0.4) is 0 Å². The monoisotopic (exact) mass is 291 g/mol. The molecule has 0 fully saturated rings. The summed E-state index contributed by atoms with van der Waals surface area (Å²) in [6.07, 6.45) is 2.19. The van der Waals surface area contributed by atoms with Gasteiger partial charge in [0.2, 0.25) is 5.88 Å². The number of pyridine rings is 1. The fraction of sp³-hybridized carbons (Fsp3) is 0.357. The molecule has 7 heteroatoms. The molecule has 7 nitrogen and oxygen atoms in total. The van der Waals surface area contributed by atoms with E-state index in [1.165, 1.54) is 4.40 Å². The molecule has 0 radical (unpaired) electrons. The van der Waals surface area contributed by atoms with Gasteiger partial charge in [-0.3, -0.25) is 14.0 Å². The number of aromatic nitrogens is 2. The zero-order valence-corrected chi connectivity index (χ0v) is 11.9. The molecule has 0 aliphatic rings. The van der Waals surface area contributed by atoms with E-state index in [9.17, 15) is 14.7 Å². The number of rotatable bonds is 5. The Morgan fingerprint density at radius 2 is 2.24 bits per heavy atom. The summed E-state index contributed by atoms with van der Waals surface area (Å²) in [5.74, 6) is -1.20. The lowest BCUT2D eigenvalue weighted by Crippen LogP contribution is -2.32. The minimum atomic E-state index is -0.642. The van der Waals surface area contributed by atoms with Crippen molar-refractivity contribution in [3.63, 3.8) is 0 Å². The number of aryl methyl sites for hydroxylation is 1. The standard InChI is InChI=1S/C14H17N3O4/c1-9-4-5-10-16-13(19)11(14(20)17(10)8-9)12(18)15-6-3-7-21-2/h4-5,8,19H,3,6-7H2,1-2H3,(H,15,18). The first-order valence-corrected chi connectivity index (χ1v) is 6.53. The lowest BCUT2D eigenvalue weighted by molar-refractivity contribution is 0.0943. The van der Waals surface area contributed by atoms with E-state index in [2.05, 4.69) is 10.3 Å². The fourth-order valence-corrected chi connectivity index (χ4v) is 1.94. The maximum Gasteiger partial charge on any atom is 0.274 e. The molecule has 0 aliphatic carbocycles. The normalized spacial score (nSPS) is 10.8. The van der Waals surface area contributed by atoms with E-state index in [1.54, 1.807) is 25.4 Å². The van der Waals surface area contributed by atoms with Crippen LogP contribution in [0.25, 0.3) is 5.65 Å². The Hall–Kier alpha value is -2.41. The van der Waals surface area contributed by atoms with Crippen molar-refractivity contribution in [1.29, 1.82) is 0 Å².